The molecule has 2 N–H and O–H groups in total. The van der Waals surface area contributed by atoms with Crippen molar-refractivity contribution in [3.05, 3.63) is 0 Å². The first kappa shape index (κ1) is 23.0. The minimum Gasteiger partial charge on any atom is -0.353 e. The molecule has 0 aromatic carbocycles. The lowest BCUT2D eigenvalue weighted by Crippen LogP contribution is -2.47. The van der Waals surface area contributed by atoms with E-state index < -0.39 is 0 Å². The fourth-order valence-electron chi connectivity index (χ4n) is 4.07. The van der Waals surface area contributed by atoms with Crippen LogP contribution < -0.4 is 10.6 Å². The van der Waals surface area contributed by atoms with Crippen molar-refractivity contribution in [1.82, 2.24) is 15.5 Å². The second-order valence-corrected chi connectivity index (χ2v) is 7.32. The van der Waals surface area contributed by atoms with E-state index in [0.717, 1.165) is 25.4 Å². The molecule has 2 aliphatic rings. The Bertz CT molecular complexity index is 331. The summed E-state index contributed by atoms with van der Waals surface area (Å²) >= 11 is 0. The van der Waals surface area contributed by atoms with Gasteiger partial charge in [0, 0.05) is 31.2 Å². The molecule has 3 atom stereocenters. The van der Waals surface area contributed by atoms with Crippen LogP contribution in [0.15, 0.2) is 0 Å². The number of amides is 1. The summed E-state index contributed by atoms with van der Waals surface area (Å²) in [7, 11) is 0. The maximum Gasteiger partial charge on any atom is 0.237 e. The monoisotopic (exact) mass is 367 g/mol. The number of nitrogens with zero attached hydrogens (tertiary/aromatic N) is 1. The van der Waals surface area contributed by atoms with Crippen LogP contribution in [0.4, 0.5) is 0 Å². The molecule has 0 spiro atoms. The molecule has 0 bridgehead atoms. The van der Waals surface area contributed by atoms with Crippen molar-refractivity contribution in [2.45, 2.75) is 84.0 Å². The minimum atomic E-state index is 0. The molecule has 0 aromatic heterocycles. The van der Waals surface area contributed by atoms with Crippen LogP contribution in [0.25, 0.3) is 0 Å². The first-order valence-electron chi connectivity index (χ1n) is 8.78. The van der Waals surface area contributed by atoms with Gasteiger partial charge in [-0.05, 0) is 52.9 Å². The maximum atomic E-state index is 12.3. The van der Waals surface area contributed by atoms with Crippen LogP contribution in [-0.4, -0.2) is 48.1 Å². The Labute approximate surface area is 154 Å². The zero-order chi connectivity index (χ0) is 15.4. The van der Waals surface area contributed by atoms with Gasteiger partial charge in [0.1, 0.15) is 0 Å². The number of hydrogen-bond donors (Lipinski definition) is 2. The second kappa shape index (κ2) is 10.8. The predicted molar refractivity (Wildman–Crippen MR) is 102 cm³/mol. The summed E-state index contributed by atoms with van der Waals surface area (Å²) in [5.41, 5.74) is 0. The predicted octanol–water partition coefficient (Wildman–Crippen LogP) is 2.99. The second-order valence-electron chi connectivity index (χ2n) is 7.32. The van der Waals surface area contributed by atoms with Crippen LogP contribution in [0.2, 0.25) is 0 Å². The SMILES string of the molecule is CC(C)N(CCNC(=O)C1CC2CCCCC2N1)C(C)C.Cl.Cl. The van der Waals surface area contributed by atoms with Gasteiger partial charge in [0.25, 0.3) is 0 Å². The number of halogens is 2. The molecule has 0 aromatic rings. The molecule has 1 aliphatic carbocycles. The van der Waals surface area contributed by atoms with Crippen LogP contribution >= 0.6 is 24.8 Å². The van der Waals surface area contributed by atoms with E-state index >= 15 is 0 Å². The highest BCUT2D eigenvalue weighted by Gasteiger charge is 2.37. The van der Waals surface area contributed by atoms with E-state index in [1.165, 1.54) is 25.7 Å². The minimum absolute atomic E-state index is 0. The Morgan fingerprint density at radius 3 is 2.30 bits per heavy atom. The quantitative estimate of drug-likeness (QED) is 0.758. The number of rotatable bonds is 6. The summed E-state index contributed by atoms with van der Waals surface area (Å²) < 4.78 is 0. The smallest absolute Gasteiger partial charge is 0.237 e. The number of hydrogen-bond acceptors (Lipinski definition) is 3. The standard InChI is InChI=1S/C17H33N3O.2ClH/c1-12(2)20(13(3)4)10-9-18-17(21)16-11-14-7-5-6-8-15(14)19-16;;/h12-16,19H,5-11H2,1-4H3,(H,18,21);2*1H. The van der Waals surface area contributed by atoms with Gasteiger partial charge < -0.3 is 10.6 Å². The summed E-state index contributed by atoms with van der Waals surface area (Å²) in [6.07, 6.45) is 6.25. The van der Waals surface area contributed by atoms with E-state index in [-0.39, 0.29) is 36.8 Å². The summed E-state index contributed by atoms with van der Waals surface area (Å²) in [5.74, 6) is 0.939. The molecule has 1 saturated heterocycles. The number of nitrogens with one attached hydrogen (secondary N) is 2. The van der Waals surface area contributed by atoms with Crippen molar-refractivity contribution in [3.63, 3.8) is 0 Å². The lowest BCUT2D eigenvalue weighted by Gasteiger charge is -2.30. The molecular weight excluding hydrogens is 333 g/mol. The lowest BCUT2D eigenvalue weighted by atomic mass is 9.85. The van der Waals surface area contributed by atoms with Gasteiger partial charge in [-0.2, -0.15) is 0 Å². The first-order valence-corrected chi connectivity index (χ1v) is 8.78. The Morgan fingerprint density at radius 1 is 1.13 bits per heavy atom. The van der Waals surface area contributed by atoms with Gasteiger partial charge in [0.15, 0.2) is 0 Å². The van der Waals surface area contributed by atoms with Gasteiger partial charge in [0.05, 0.1) is 6.04 Å². The van der Waals surface area contributed by atoms with Gasteiger partial charge in [-0.1, -0.05) is 12.8 Å². The van der Waals surface area contributed by atoms with E-state index in [2.05, 4.69) is 43.2 Å². The molecular formula is C17H35Cl2N3O. The summed E-state index contributed by atoms with van der Waals surface area (Å²) in [5, 5.41) is 6.68. The average molecular weight is 368 g/mol. The third-order valence-corrected chi connectivity index (χ3v) is 5.18. The number of carbonyl (C=O) groups excluding carboxylic acids is 1. The molecule has 2 rings (SSSR count). The molecule has 23 heavy (non-hydrogen) atoms. The van der Waals surface area contributed by atoms with Crippen molar-refractivity contribution in [2.24, 2.45) is 5.92 Å². The molecule has 1 saturated carbocycles. The lowest BCUT2D eigenvalue weighted by molar-refractivity contribution is -0.123. The van der Waals surface area contributed by atoms with E-state index in [1.807, 2.05) is 0 Å². The summed E-state index contributed by atoms with van der Waals surface area (Å²) in [6, 6.07) is 1.69. The zero-order valence-electron chi connectivity index (χ0n) is 15.0. The highest BCUT2D eigenvalue weighted by atomic mass is 35.5. The first-order chi connectivity index (χ1) is 9.99. The molecule has 0 radical (unpaired) electrons. The van der Waals surface area contributed by atoms with Crippen molar-refractivity contribution < 1.29 is 4.79 Å². The molecule has 6 heteroatoms. The normalized spacial score (nSPS) is 26.7. The zero-order valence-corrected chi connectivity index (χ0v) is 16.6. The summed E-state index contributed by atoms with van der Waals surface area (Å²) in [4.78, 5) is 14.7. The Kier molecular flexibility index (Phi) is 10.7. The van der Waals surface area contributed by atoms with Crippen LogP contribution in [0, 0.1) is 5.92 Å². The van der Waals surface area contributed by atoms with Gasteiger partial charge in [-0.3, -0.25) is 9.69 Å². The average Bonchev–Trinajstić information content (AvgIpc) is 2.86. The van der Waals surface area contributed by atoms with Crippen molar-refractivity contribution in [2.75, 3.05) is 13.1 Å². The van der Waals surface area contributed by atoms with E-state index in [4.69, 9.17) is 0 Å². The van der Waals surface area contributed by atoms with Gasteiger partial charge in [0.2, 0.25) is 5.91 Å². The van der Waals surface area contributed by atoms with Crippen LogP contribution in [-0.2, 0) is 4.79 Å². The molecule has 4 nitrogen and oxygen atoms in total. The van der Waals surface area contributed by atoms with Gasteiger partial charge in [-0.25, -0.2) is 0 Å². The fourth-order valence-corrected chi connectivity index (χ4v) is 4.07. The third kappa shape index (κ3) is 6.41. The Hall–Kier alpha value is -0.0300. The Morgan fingerprint density at radius 2 is 1.74 bits per heavy atom. The fraction of sp³-hybridized carbons (Fsp3) is 0.941. The van der Waals surface area contributed by atoms with E-state index in [1.54, 1.807) is 0 Å². The number of fused-ring (bicyclic) bond motifs is 1. The van der Waals surface area contributed by atoms with Crippen molar-refractivity contribution >= 4 is 30.7 Å². The van der Waals surface area contributed by atoms with Crippen LogP contribution in [0.5, 0.6) is 0 Å². The van der Waals surface area contributed by atoms with Gasteiger partial charge >= 0.3 is 0 Å². The highest BCUT2D eigenvalue weighted by Crippen LogP contribution is 2.33. The van der Waals surface area contributed by atoms with Crippen LogP contribution in [0.3, 0.4) is 0 Å². The molecule has 3 unspecified atom stereocenters. The number of carbonyl (C=O) groups is 1. The Balaban J connectivity index is 0.00000242. The van der Waals surface area contributed by atoms with Crippen molar-refractivity contribution in [1.29, 1.82) is 0 Å². The largest absolute Gasteiger partial charge is 0.353 e. The van der Waals surface area contributed by atoms with Crippen molar-refractivity contribution in [3.8, 4) is 0 Å². The molecule has 138 valence electrons. The molecule has 1 amide bonds. The van der Waals surface area contributed by atoms with Gasteiger partial charge in [-0.15, -0.1) is 24.8 Å². The summed E-state index contributed by atoms with van der Waals surface area (Å²) in [6.45, 7) is 10.5. The van der Waals surface area contributed by atoms with E-state index in [0.29, 0.717) is 18.1 Å². The molecule has 1 heterocycles. The maximum absolute atomic E-state index is 12.3. The molecule has 2 fully saturated rings. The third-order valence-electron chi connectivity index (χ3n) is 5.18. The molecule has 1 aliphatic heterocycles. The highest BCUT2D eigenvalue weighted by molar-refractivity contribution is 5.85. The van der Waals surface area contributed by atoms with E-state index in [9.17, 15) is 4.79 Å². The van der Waals surface area contributed by atoms with Crippen LogP contribution in [0.1, 0.15) is 59.8 Å². The topological polar surface area (TPSA) is 44.4 Å².